The minimum Gasteiger partial charge on any atom is -0.488 e. The first-order chi connectivity index (χ1) is 7.72. The number of hydrogen-bond donors (Lipinski definition) is 1. The van der Waals surface area contributed by atoms with Crippen LogP contribution in [0.3, 0.4) is 0 Å². The van der Waals surface area contributed by atoms with Gasteiger partial charge in [0, 0.05) is 18.8 Å². The van der Waals surface area contributed by atoms with E-state index in [1.807, 2.05) is 0 Å². The van der Waals surface area contributed by atoms with Crippen LogP contribution in [0.1, 0.15) is 13.3 Å². The summed E-state index contributed by atoms with van der Waals surface area (Å²) in [6, 6.07) is 1.74. The molecule has 3 nitrogen and oxygen atoms in total. The van der Waals surface area contributed by atoms with Crippen LogP contribution < -0.4 is 10.1 Å². The molecule has 0 bridgehead atoms. The Balaban J connectivity index is 2.26. The molecule has 0 aliphatic carbocycles. The molecule has 0 radical (unpaired) electrons. The number of pyridine rings is 1. The van der Waals surface area contributed by atoms with Gasteiger partial charge in [-0.15, -0.1) is 0 Å². The molecule has 0 atom stereocenters. The van der Waals surface area contributed by atoms with Crippen molar-refractivity contribution in [2.24, 2.45) is 0 Å². The Kier molecular flexibility index (Phi) is 5.90. The third-order valence-electron chi connectivity index (χ3n) is 1.92. The second kappa shape index (κ2) is 7.25. The predicted octanol–water partition coefficient (Wildman–Crippen LogP) is 2.67. The first-order valence-corrected chi connectivity index (χ1v) is 5.71. The van der Waals surface area contributed by atoms with Gasteiger partial charge in [0.1, 0.15) is 12.4 Å². The van der Waals surface area contributed by atoms with Crippen molar-refractivity contribution >= 4 is 11.6 Å². The second-order valence-corrected chi connectivity index (χ2v) is 3.99. The fourth-order valence-electron chi connectivity index (χ4n) is 1.15. The summed E-state index contributed by atoms with van der Waals surface area (Å²) in [6.07, 6.45) is 4.33. The Hall–Kier alpha value is -1.06. The number of ether oxygens (including phenoxy) is 1. The Morgan fingerprint density at radius 2 is 2.38 bits per heavy atom. The third kappa shape index (κ3) is 5.14. The molecule has 88 valence electrons. The van der Waals surface area contributed by atoms with Crippen LogP contribution in [0.2, 0.25) is 5.02 Å². The molecule has 4 heteroatoms. The van der Waals surface area contributed by atoms with Crippen molar-refractivity contribution in [3.05, 3.63) is 35.6 Å². The zero-order chi connectivity index (χ0) is 11.8. The number of hydrogen-bond acceptors (Lipinski definition) is 3. The summed E-state index contributed by atoms with van der Waals surface area (Å²) in [5, 5.41) is 3.84. The number of rotatable bonds is 7. The van der Waals surface area contributed by atoms with Gasteiger partial charge >= 0.3 is 0 Å². The highest BCUT2D eigenvalue weighted by atomic mass is 35.5. The van der Waals surface area contributed by atoms with E-state index in [1.165, 1.54) is 0 Å². The van der Waals surface area contributed by atoms with Gasteiger partial charge < -0.3 is 10.1 Å². The van der Waals surface area contributed by atoms with Gasteiger partial charge in [0.15, 0.2) is 0 Å². The Morgan fingerprint density at radius 1 is 1.56 bits per heavy atom. The summed E-state index contributed by atoms with van der Waals surface area (Å²) in [7, 11) is 0. The smallest absolute Gasteiger partial charge is 0.139 e. The van der Waals surface area contributed by atoms with Crippen LogP contribution >= 0.6 is 11.6 Å². The normalized spacial score (nSPS) is 10.1. The van der Waals surface area contributed by atoms with Crippen molar-refractivity contribution in [3.8, 4) is 5.75 Å². The fraction of sp³-hybridized carbons (Fsp3) is 0.417. The van der Waals surface area contributed by atoms with E-state index in [-0.39, 0.29) is 0 Å². The van der Waals surface area contributed by atoms with Crippen molar-refractivity contribution in [2.75, 3.05) is 19.7 Å². The average molecular weight is 241 g/mol. The highest BCUT2D eigenvalue weighted by molar-refractivity contribution is 6.30. The molecule has 1 aromatic heterocycles. The van der Waals surface area contributed by atoms with E-state index in [1.54, 1.807) is 18.5 Å². The average Bonchev–Trinajstić information content (AvgIpc) is 2.27. The fourth-order valence-corrected chi connectivity index (χ4v) is 1.31. The summed E-state index contributed by atoms with van der Waals surface area (Å²) < 4.78 is 5.49. The maximum atomic E-state index is 5.79. The highest BCUT2D eigenvalue weighted by Crippen LogP contribution is 2.15. The monoisotopic (exact) mass is 240 g/mol. The minimum atomic E-state index is 0.485. The molecule has 1 heterocycles. The molecule has 1 aromatic rings. The Labute approximate surface area is 101 Å². The Bertz CT molecular complexity index is 342. The van der Waals surface area contributed by atoms with Gasteiger partial charge in [-0.1, -0.05) is 25.1 Å². The predicted molar refractivity (Wildman–Crippen MR) is 67.0 cm³/mol. The first-order valence-electron chi connectivity index (χ1n) is 5.33. The van der Waals surface area contributed by atoms with Gasteiger partial charge in [-0.05, 0) is 18.5 Å². The molecular weight excluding hydrogens is 224 g/mol. The quantitative estimate of drug-likeness (QED) is 0.588. The molecule has 0 aromatic carbocycles. The molecule has 0 spiro atoms. The van der Waals surface area contributed by atoms with Gasteiger partial charge in [-0.2, -0.15) is 0 Å². The van der Waals surface area contributed by atoms with E-state index >= 15 is 0 Å². The van der Waals surface area contributed by atoms with Gasteiger partial charge in [0.25, 0.3) is 0 Å². The van der Waals surface area contributed by atoms with E-state index in [9.17, 15) is 0 Å². The molecule has 0 amide bonds. The lowest BCUT2D eigenvalue weighted by molar-refractivity contribution is 0.347. The van der Waals surface area contributed by atoms with Crippen LogP contribution in [0.25, 0.3) is 0 Å². The molecule has 1 rings (SSSR count). The summed E-state index contributed by atoms with van der Waals surface area (Å²) in [6.45, 7) is 8.31. The second-order valence-electron chi connectivity index (χ2n) is 3.55. The number of halogens is 1. The maximum Gasteiger partial charge on any atom is 0.139 e. The van der Waals surface area contributed by atoms with Gasteiger partial charge in [-0.25, -0.2) is 0 Å². The van der Waals surface area contributed by atoms with Crippen molar-refractivity contribution in [1.29, 1.82) is 0 Å². The molecule has 16 heavy (non-hydrogen) atoms. The van der Waals surface area contributed by atoms with Gasteiger partial charge in [-0.3, -0.25) is 4.98 Å². The molecule has 0 aliphatic heterocycles. The van der Waals surface area contributed by atoms with Crippen molar-refractivity contribution in [1.82, 2.24) is 10.3 Å². The Morgan fingerprint density at radius 3 is 3.06 bits per heavy atom. The molecule has 0 saturated heterocycles. The zero-order valence-electron chi connectivity index (χ0n) is 9.50. The highest BCUT2D eigenvalue weighted by Gasteiger charge is 1.98. The lowest BCUT2D eigenvalue weighted by Crippen LogP contribution is -2.20. The van der Waals surface area contributed by atoms with E-state index in [0.717, 1.165) is 25.1 Å². The topological polar surface area (TPSA) is 34.1 Å². The summed E-state index contributed by atoms with van der Waals surface area (Å²) >= 11 is 5.79. The first kappa shape index (κ1) is 13.0. The summed E-state index contributed by atoms with van der Waals surface area (Å²) in [5.74, 6) is 0.671. The van der Waals surface area contributed by atoms with E-state index in [4.69, 9.17) is 16.3 Å². The van der Waals surface area contributed by atoms with Crippen LogP contribution in [0.15, 0.2) is 30.6 Å². The van der Waals surface area contributed by atoms with Crippen LogP contribution in [0.4, 0.5) is 0 Å². The molecule has 1 N–H and O–H groups in total. The molecule has 0 saturated carbocycles. The van der Waals surface area contributed by atoms with E-state index < -0.39 is 0 Å². The molecular formula is C12H17ClN2O. The zero-order valence-corrected chi connectivity index (χ0v) is 10.3. The van der Waals surface area contributed by atoms with E-state index in [0.29, 0.717) is 17.4 Å². The SMILES string of the molecule is C=C(CNCCC)COc1cncc(Cl)c1. The van der Waals surface area contributed by atoms with Crippen LogP contribution in [-0.4, -0.2) is 24.7 Å². The van der Waals surface area contributed by atoms with Gasteiger partial charge in [0.05, 0.1) is 11.2 Å². The number of aromatic nitrogens is 1. The van der Waals surface area contributed by atoms with Crippen molar-refractivity contribution < 1.29 is 4.74 Å². The minimum absolute atomic E-state index is 0.485. The standard InChI is InChI=1S/C12H17ClN2O/c1-3-4-14-6-10(2)9-16-12-5-11(13)7-15-8-12/h5,7-8,14H,2-4,6,9H2,1H3. The van der Waals surface area contributed by atoms with Crippen molar-refractivity contribution in [2.45, 2.75) is 13.3 Å². The molecule has 0 aliphatic rings. The van der Waals surface area contributed by atoms with Crippen LogP contribution in [0.5, 0.6) is 5.75 Å². The summed E-state index contributed by atoms with van der Waals surface area (Å²) in [5.41, 5.74) is 1.01. The van der Waals surface area contributed by atoms with Gasteiger partial charge in [0.2, 0.25) is 0 Å². The molecule has 0 fully saturated rings. The van der Waals surface area contributed by atoms with Crippen LogP contribution in [0, 0.1) is 0 Å². The summed E-state index contributed by atoms with van der Waals surface area (Å²) in [4.78, 5) is 3.94. The molecule has 0 unspecified atom stereocenters. The lowest BCUT2D eigenvalue weighted by atomic mass is 10.3. The van der Waals surface area contributed by atoms with E-state index in [2.05, 4.69) is 23.8 Å². The van der Waals surface area contributed by atoms with Crippen molar-refractivity contribution in [3.63, 3.8) is 0 Å². The van der Waals surface area contributed by atoms with Crippen LogP contribution in [-0.2, 0) is 0 Å². The maximum absolute atomic E-state index is 5.79. The number of nitrogens with zero attached hydrogens (tertiary/aromatic N) is 1. The lowest BCUT2D eigenvalue weighted by Gasteiger charge is -2.09. The largest absolute Gasteiger partial charge is 0.488 e. The third-order valence-corrected chi connectivity index (χ3v) is 2.13. The number of nitrogens with one attached hydrogen (secondary N) is 1.